The van der Waals surface area contributed by atoms with Crippen LogP contribution in [-0.4, -0.2) is 15.9 Å². The number of carbonyl (C=O) groups excluding carboxylic acids is 1. The molecule has 0 spiro atoms. The molecule has 5 heteroatoms. The molecular formula is C19H16FN3O. The first-order valence-corrected chi connectivity index (χ1v) is 7.56. The van der Waals surface area contributed by atoms with Crippen LogP contribution < -0.4 is 5.32 Å². The van der Waals surface area contributed by atoms with Crippen LogP contribution in [0.3, 0.4) is 0 Å². The third-order valence-electron chi connectivity index (χ3n) is 3.76. The summed E-state index contributed by atoms with van der Waals surface area (Å²) in [5.41, 5.74) is 3.38. The zero-order valence-electron chi connectivity index (χ0n) is 13.1. The fraction of sp³-hybridized carbons (Fsp3) is 0.105. The highest BCUT2D eigenvalue weighted by Crippen LogP contribution is 2.21. The zero-order valence-corrected chi connectivity index (χ0v) is 13.1. The van der Waals surface area contributed by atoms with E-state index in [0.29, 0.717) is 0 Å². The molecule has 0 bridgehead atoms. The van der Waals surface area contributed by atoms with E-state index in [9.17, 15) is 9.18 Å². The predicted molar refractivity (Wildman–Crippen MR) is 89.7 cm³/mol. The standard InChI is InChI=1S/C19H16FN3O/c1-13(23-19(24)17-8-11-22-18(20)12-17)14-2-4-15(5-3-14)16-6-9-21-10-7-16/h2-13H,1H3,(H,23,24)/t13-/m1/s1. The van der Waals surface area contributed by atoms with E-state index in [1.807, 2.05) is 43.3 Å². The van der Waals surface area contributed by atoms with Gasteiger partial charge >= 0.3 is 0 Å². The van der Waals surface area contributed by atoms with Crippen LogP contribution in [0.15, 0.2) is 67.1 Å². The average Bonchev–Trinajstić information content (AvgIpc) is 2.62. The second-order valence-corrected chi connectivity index (χ2v) is 5.42. The summed E-state index contributed by atoms with van der Waals surface area (Å²) < 4.78 is 13.1. The highest BCUT2D eigenvalue weighted by Gasteiger charge is 2.12. The number of hydrogen-bond acceptors (Lipinski definition) is 3. The molecule has 0 aliphatic heterocycles. The van der Waals surface area contributed by atoms with Crippen LogP contribution in [0.4, 0.5) is 4.39 Å². The lowest BCUT2D eigenvalue weighted by Crippen LogP contribution is -2.26. The van der Waals surface area contributed by atoms with Crippen LogP contribution in [0.25, 0.3) is 11.1 Å². The van der Waals surface area contributed by atoms with Crippen molar-refractivity contribution in [2.45, 2.75) is 13.0 Å². The minimum absolute atomic E-state index is 0.194. The summed E-state index contributed by atoms with van der Waals surface area (Å²) in [5, 5.41) is 2.86. The average molecular weight is 321 g/mol. The number of rotatable bonds is 4. The molecule has 1 aromatic carbocycles. The van der Waals surface area contributed by atoms with Gasteiger partial charge in [0.15, 0.2) is 0 Å². The highest BCUT2D eigenvalue weighted by molar-refractivity contribution is 5.94. The van der Waals surface area contributed by atoms with Crippen molar-refractivity contribution in [3.63, 3.8) is 0 Å². The van der Waals surface area contributed by atoms with Crippen molar-refractivity contribution in [2.24, 2.45) is 0 Å². The van der Waals surface area contributed by atoms with Crippen molar-refractivity contribution in [2.75, 3.05) is 0 Å². The van der Waals surface area contributed by atoms with Crippen LogP contribution in [0.1, 0.15) is 28.9 Å². The van der Waals surface area contributed by atoms with Crippen molar-refractivity contribution in [3.8, 4) is 11.1 Å². The Morgan fingerprint density at radius 3 is 2.33 bits per heavy atom. The van der Waals surface area contributed by atoms with Crippen LogP contribution in [0, 0.1) is 5.95 Å². The lowest BCUT2D eigenvalue weighted by Gasteiger charge is -2.15. The van der Waals surface area contributed by atoms with Crippen molar-refractivity contribution >= 4 is 5.91 Å². The van der Waals surface area contributed by atoms with E-state index in [1.165, 1.54) is 12.3 Å². The fourth-order valence-electron chi connectivity index (χ4n) is 2.42. The summed E-state index contributed by atoms with van der Waals surface area (Å²) >= 11 is 0. The number of carbonyl (C=O) groups is 1. The molecule has 0 unspecified atom stereocenters. The van der Waals surface area contributed by atoms with Gasteiger partial charge in [0.1, 0.15) is 0 Å². The molecule has 0 saturated heterocycles. The second-order valence-electron chi connectivity index (χ2n) is 5.42. The zero-order chi connectivity index (χ0) is 16.9. The molecule has 3 aromatic rings. The first-order valence-electron chi connectivity index (χ1n) is 7.56. The maximum Gasteiger partial charge on any atom is 0.251 e. The second kappa shape index (κ2) is 7.00. The summed E-state index contributed by atoms with van der Waals surface area (Å²) in [4.78, 5) is 19.6. The largest absolute Gasteiger partial charge is 0.346 e. The number of hydrogen-bond donors (Lipinski definition) is 1. The molecule has 24 heavy (non-hydrogen) atoms. The van der Waals surface area contributed by atoms with Crippen LogP contribution in [0.2, 0.25) is 0 Å². The highest BCUT2D eigenvalue weighted by atomic mass is 19.1. The molecular weight excluding hydrogens is 305 g/mol. The monoisotopic (exact) mass is 321 g/mol. The normalized spacial score (nSPS) is 11.8. The van der Waals surface area contributed by atoms with Crippen LogP contribution >= 0.6 is 0 Å². The van der Waals surface area contributed by atoms with Gasteiger partial charge in [-0.05, 0) is 41.8 Å². The topological polar surface area (TPSA) is 54.9 Å². The molecule has 2 aromatic heterocycles. The number of amides is 1. The van der Waals surface area contributed by atoms with Gasteiger partial charge in [0.2, 0.25) is 5.95 Å². The Morgan fingerprint density at radius 2 is 1.67 bits per heavy atom. The Balaban J connectivity index is 1.71. The molecule has 0 aliphatic carbocycles. The molecule has 120 valence electrons. The van der Waals surface area contributed by atoms with Gasteiger partial charge in [-0.1, -0.05) is 24.3 Å². The summed E-state index contributed by atoms with van der Waals surface area (Å²) in [6.07, 6.45) is 4.78. The predicted octanol–water partition coefficient (Wildman–Crippen LogP) is 3.77. The van der Waals surface area contributed by atoms with Crippen molar-refractivity contribution in [1.29, 1.82) is 0 Å². The van der Waals surface area contributed by atoms with Gasteiger partial charge < -0.3 is 5.32 Å². The summed E-state index contributed by atoms with van der Waals surface area (Å²) in [5.74, 6) is -1.00. The smallest absolute Gasteiger partial charge is 0.251 e. The van der Waals surface area contributed by atoms with E-state index in [0.717, 1.165) is 22.8 Å². The van der Waals surface area contributed by atoms with Crippen molar-refractivity contribution < 1.29 is 9.18 Å². The minimum Gasteiger partial charge on any atom is -0.346 e. The van der Waals surface area contributed by atoms with Gasteiger partial charge in [-0.3, -0.25) is 9.78 Å². The fourth-order valence-corrected chi connectivity index (χ4v) is 2.42. The first kappa shape index (κ1) is 15.8. The van der Waals surface area contributed by atoms with E-state index in [1.54, 1.807) is 12.4 Å². The summed E-state index contributed by atoms with van der Waals surface area (Å²) in [6.45, 7) is 1.89. The van der Waals surface area contributed by atoms with Crippen LogP contribution in [-0.2, 0) is 0 Å². The summed E-state index contributed by atoms with van der Waals surface area (Å²) in [7, 11) is 0. The molecule has 2 heterocycles. The number of benzene rings is 1. The molecule has 0 aliphatic rings. The third kappa shape index (κ3) is 3.63. The lowest BCUT2D eigenvalue weighted by molar-refractivity contribution is 0.0939. The Labute approximate surface area is 139 Å². The van der Waals surface area contributed by atoms with Gasteiger partial charge in [-0.25, -0.2) is 4.98 Å². The van der Waals surface area contributed by atoms with Crippen molar-refractivity contribution in [1.82, 2.24) is 15.3 Å². The van der Waals surface area contributed by atoms with Gasteiger partial charge in [0.25, 0.3) is 5.91 Å². The molecule has 1 atom stereocenters. The van der Waals surface area contributed by atoms with E-state index in [-0.39, 0.29) is 17.5 Å². The molecule has 1 amide bonds. The molecule has 0 fully saturated rings. The van der Waals surface area contributed by atoms with E-state index in [2.05, 4.69) is 15.3 Å². The first-order chi connectivity index (χ1) is 11.6. The summed E-state index contributed by atoms with van der Waals surface area (Å²) in [6, 6.07) is 14.2. The molecule has 3 rings (SSSR count). The van der Waals surface area contributed by atoms with E-state index < -0.39 is 5.95 Å². The SMILES string of the molecule is C[C@@H](NC(=O)c1ccnc(F)c1)c1ccc(-c2ccncc2)cc1. The molecule has 0 radical (unpaired) electrons. The van der Waals surface area contributed by atoms with Crippen molar-refractivity contribution in [3.05, 3.63) is 84.2 Å². The number of pyridine rings is 2. The van der Waals surface area contributed by atoms with Crippen LogP contribution in [0.5, 0.6) is 0 Å². The number of nitrogens with one attached hydrogen (secondary N) is 1. The van der Waals surface area contributed by atoms with E-state index >= 15 is 0 Å². The third-order valence-corrected chi connectivity index (χ3v) is 3.76. The molecule has 1 N–H and O–H groups in total. The molecule has 0 saturated carbocycles. The van der Waals surface area contributed by atoms with Gasteiger partial charge in [-0.2, -0.15) is 4.39 Å². The number of nitrogens with zero attached hydrogens (tertiary/aromatic N) is 2. The number of halogens is 1. The lowest BCUT2D eigenvalue weighted by atomic mass is 10.0. The minimum atomic E-state index is -0.669. The quantitative estimate of drug-likeness (QED) is 0.744. The maximum atomic E-state index is 13.1. The van der Waals surface area contributed by atoms with Gasteiger partial charge in [0.05, 0.1) is 6.04 Å². The number of aromatic nitrogens is 2. The maximum absolute atomic E-state index is 13.1. The van der Waals surface area contributed by atoms with Gasteiger partial charge in [0, 0.05) is 30.2 Å². The Morgan fingerprint density at radius 1 is 1.00 bits per heavy atom. The Kier molecular flexibility index (Phi) is 4.61. The Bertz CT molecular complexity index is 835. The van der Waals surface area contributed by atoms with Gasteiger partial charge in [-0.15, -0.1) is 0 Å². The van der Waals surface area contributed by atoms with E-state index in [4.69, 9.17) is 0 Å². The Hall–Kier alpha value is -3.08. The molecule has 4 nitrogen and oxygen atoms in total.